The van der Waals surface area contributed by atoms with Gasteiger partial charge in [-0.1, -0.05) is 0 Å². The summed E-state index contributed by atoms with van der Waals surface area (Å²) in [6.07, 6.45) is 4.88. The first-order valence-corrected chi connectivity index (χ1v) is 11.1. The Hall–Kier alpha value is -2.14. The molecule has 0 saturated heterocycles. The van der Waals surface area contributed by atoms with Gasteiger partial charge in [0.1, 0.15) is 0 Å². The summed E-state index contributed by atoms with van der Waals surface area (Å²) >= 11 is 0. The Morgan fingerprint density at radius 3 is 1.54 bits per heavy atom. The van der Waals surface area contributed by atoms with Gasteiger partial charge in [0.15, 0.2) is 0 Å². The summed E-state index contributed by atoms with van der Waals surface area (Å²) in [5, 5.41) is 0. The van der Waals surface area contributed by atoms with E-state index in [0.717, 1.165) is 35.3 Å². The van der Waals surface area contributed by atoms with Gasteiger partial charge < -0.3 is 0 Å². The van der Waals surface area contributed by atoms with Crippen LogP contribution in [0.3, 0.4) is 0 Å². The van der Waals surface area contributed by atoms with Crippen LogP contribution in [0.25, 0.3) is 0 Å². The molecule has 3 atom stereocenters. The minimum atomic E-state index is -4.07. The zero-order valence-corrected chi connectivity index (χ0v) is 14.3. The Balaban J connectivity index is 1.53. The van der Waals surface area contributed by atoms with E-state index in [2.05, 4.69) is 0 Å². The van der Waals surface area contributed by atoms with E-state index in [1.165, 1.54) is 19.3 Å². The molecule has 3 unspecified atom stereocenters. The van der Waals surface area contributed by atoms with Crippen molar-refractivity contribution < 1.29 is 17.7 Å². The maximum absolute atomic E-state index is 6.55. The Labute approximate surface area is 141 Å². The third kappa shape index (κ3) is 1.49. The van der Waals surface area contributed by atoms with Gasteiger partial charge in [-0.15, -0.1) is 0 Å². The van der Waals surface area contributed by atoms with E-state index in [1.54, 1.807) is 0 Å². The summed E-state index contributed by atoms with van der Waals surface area (Å²) in [7, 11) is -4.07. The second-order valence-corrected chi connectivity index (χ2v) is 11.1. The Bertz CT molecular complexity index is 738. The standard InChI is InChI=1S/C19H19O4Si/c1-2-6-16-15(5-1)20-24(21-16,19-12-13-9-10-14(19)11-13)22-17-7-3-4-8-18(17)23-24/h1-8,13-14,19H,9-12H2/q-1. The average Bonchev–Trinajstić information content (AvgIpc) is 3.35. The van der Waals surface area contributed by atoms with E-state index in [9.17, 15) is 0 Å². The van der Waals surface area contributed by atoms with Crippen molar-refractivity contribution in [1.29, 1.82) is 0 Å². The van der Waals surface area contributed by atoms with Crippen LogP contribution in [0, 0.1) is 11.8 Å². The molecule has 2 fully saturated rings. The molecule has 4 nitrogen and oxygen atoms in total. The molecule has 0 amide bonds. The normalized spacial score (nSPS) is 34.2. The predicted octanol–water partition coefficient (Wildman–Crippen LogP) is 4.51. The van der Waals surface area contributed by atoms with E-state index in [1.807, 2.05) is 48.5 Å². The van der Waals surface area contributed by atoms with Gasteiger partial charge in [-0.25, -0.2) is 0 Å². The Kier molecular flexibility index (Phi) is 2.24. The first-order valence-electron chi connectivity index (χ1n) is 8.86. The fourth-order valence-electron chi connectivity index (χ4n) is 5.28. The number of hydrogen-bond acceptors (Lipinski definition) is 4. The summed E-state index contributed by atoms with van der Waals surface area (Å²) in [5.41, 5.74) is 0.212. The number of hydrogen-bond donors (Lipinski definition) is 0. The van der Waals surface area contributed by atoms with Gasteiger partial charge in [-0.2, -0.15) is 0 Å². The zero-order valence-electron chi connectivity index (χ0n) is 13.3. The Morgan fingerprint density at radius 2 is 1.17 bits per heavy atom. The molecular weight excluding hydrogens is 320 g/mol. The van der Waals surface area contributed by atoms with Gasteiger partial charge >= 0.3 is 141 Å². The molecule has 2 aliphatic carbocycles. The van der Waals surface area contributed by atoms with Crippen molar-refractivity contribution in [3.63, 3.8) is 0 Å². The van der Waals surface area contributed by atoms with Gasteiger partial charge in [0, 0.05) is 0 Å². The Morgan fingerprint density at radius 1 is 0.667 bits per heavy atom. The maximum atomic E-state index is 6.55. The first-order chi connectivity index (χ1) is 11.7. The van der Waals surface area contributed by atoms with Crippen molar-refractivity contribution >= 4 is 8.33 Å². The summed E-state index contributed by atoms with van der Waals surface area (Å²) in [5.74, 6) is 4.34. The third-order valence-corrected chi connectivity index (χ3v) is 10.5. The zero-order chi connectivity index (χ0) is 15.8. The molecule has 0 radical (unpaired) electrons. The van der Waals surface area contributed by atoms with Crippen LogP contribution in [0.15, 0.2) is 48.5 Å². The van der Waals surface area contributed by atoms with Crippen LogP contribution < -0.4 is 17.7 Å². The molecule has 2 heterocycles. The first kappa shape index (κ1) is 13.2. The van der Waals surface area contributed by atoms with E-state index >= 15 is 0 Å². The molecule has 2 aromatic rings. The molecule has 2 bridgehead atoms. The van der Waals surface area contributed by atoms with Crippen molar-refractivity contribution in [3.05, 3.63) is 48.5 Å². The predicted molar refractivity (Wildman–Crippen MR) is 90.3 cm³/mol. The van der Waals surface area contributed by atoms with Crippen LogP contribution in [0.2, 0.25) is 5.54 Å². The van der Waals surface area contributed by atoms with Crippen LogP contribution in [0.1, 0.15) is 25.7 Å². The summed E-state index contributed by atoms with van der Waals surface area (Å²) in [6, 6.07) is 15.7. The van der Waals surface area contributed by atoms with E-state index in [0.29, 0.717) is 5.92 Å². The van der Waals surface area contributed by atoms with Gasteiger partial charge in [0.25, 0.3) is 0 Å². The van der Waals surface area contributed by atoms with Crippen LogP contribution >= 0.6 is 0 Å². The van der Waals surface area contributed by atoms with Crippen molar-refractivity contribution in [2.75, 3.05) is 0 Å². The molecular formula is C19H19O4Si-. The van der Waals surface area contributed by atoms with Crippen LogP contribution in [-0.4, -0.2) is 8.33 Å². The van der Waals surface area contributed by atoms with E-state index < -0.39 is 8.33 Å². The fraction of sp³-hybridized carbons (Fsp3) is 0.368. The average molecular weight is 339 g/mol. The number of para-hydroxylation sites is 4. The number of fused-ring (bicyclic) bond motifs is 4. The van der Waals surface area contributed by atoms with Crippen LogP contribution in [-0.2, 0) is 0 Å². The van der Waals surface area contributed by atoms with Crippen molar-refractivity contribution in [2.24, 2.45) is 11.8 Å². The topological polar surface area (TPSA) is 36.9 Å². The monoisotopic (exact) mass is 339 g/mol. The van der Waals surface area contributed by atoms with Gasteiger partial charge in [0.2, 0.25) is 0 Å². The summed E-state index contributed by atoms with van der Waals surface area (Å²) < 4.78 is 26.2. The van der Waals surface area contributed by atoms with Crippen molar-refractivity contribution in [2.45, 2.75) is 31.2 Å². The summed E-state index contributed by atoms with van der Waals surface area (Å²) in [4.78, 5) is 0. The van der Waals surface area contributed by atoms with Crippen LogP contribution in [0.5, 0.6) is 23.0 Å². The minimum absolute atomic E-state index is 0.212. The summed E-state index contributed by atoms with van der Waals surface area (Å²) in [6.45, 7) is 0. The van der Waals surface area contributed by atoms with Gasteiger partial charge in [-0.05, 0) is 0 Å². The molecule has 124 valence electrons. The molecule has 0 aromatic heterocycles. The van der Waals surface area contributed by atoms with Gasteiger partial charge in [-0.3, -0.25) is 0 Å². The molecule has 24 heavy (non-hydrogen) atoms. The molecule has 6 rings (SSSR count). The fourth-order valence-corrected chi connectivity index (χ4v) is 10.2. The molecule has 0 N–H and O–H groups in total. The van der Waals surface area contributed by atoms with Gasteiger partial charge in [0.05, 0.1) is 0 Å². The quantitative estimate of drug-likeness (QED) is 0.716. The second kappa shape index (κ2) is 4.09. The number of benzene rings is 2. The SMILES string of the molecule is c1ccc2c(c1)O[Si-]1(C3CC4CCC3C4)(O2)Oc2ccccc2O1. The van der Waals surface area contributed by atoms with Crippen molar-refractivity contribution in [1.82, 2.24) is 0 Å². The van der Waals surface area contributed by atoms with Crippen LogP contribution in [0.4, 0.5) is 0 Å². The molecule has 2 aromatic carbocycles. The molecule has 2 aliphatic heterocycles. The second-order valence-electron chi connectivity index (χ2n) is 7.55. The molecule has 4 aliphatic rings. The van der Waals surface area contributed by atoms with E-state index in [-0.39, 0.29) is 5.54 Å². The third-order valence-electron chi connectivity index (χ3n) is 6.22. The molecule has 5 heteroatoms. The number of rotatable bonds is 1. The molecule has 1 spiro atoms. The van der Waals surface area contributed by atoms with Crippen molar-refractivity contribution in [3.8, 4) is 23.0 Å². The molecule has 2 saturated carbocycles. The van der Waals surface area contributed by atoms with E-state index in [4.69, 9.17) is 17.7 Å².